The molecule has 4 nitrogen and oxygen atoms in total. The molecular formula is C21H18Cl2N2O2. The van der Waals surface area contributed by atoms with E-state index >= 15 is 0 Å². The third kappa shape index (κ3) is 5.39. The minimum atomic E-state index is 0.301. The van der Waals surface area contributed by atoms with Gasteiger partial charge in [-0.1, -0.05) is 47.5 Å². The molecule has 0 aliphatic rings. The molecule has 0 aliphatic carbocycles. The summed E-state index contributed by atoms with van der Waals surface area (Å²) in [6, 6.07) is 20.6. The van der Waals surface area contributed by atoms with Crippen molar-refractivity contribution in [1.29, 1.82) is 0 Å². The number of anilines is 1. The Morgan fingerprint density at radius 3 is 2.52 bits per heavy atom. The normalized spacial score (nSPS) is 10.8. The maximum atomic E-state index is 6.20. The van der Waals surface area contributed by atoms with E-state index in [1.807, 2.05) is 54.6 Å². The first kappa shape index (κ1) is 19.1. The van der Waals surface area contributed by atoms with E-state index in [9.17, 15) is 0 Å². The Morgan fingerprint density at radius 1 is 0.963 bits per heavy atom. The molecular weight excluding hydrogens is 383 g/mol. The fourth-order valence-corrected chi connectivity index (χ4v) is 2.84. The lowest BCUT2D eigenvalue weighted by Crippen LogP contribution is -1.99. The number of hydrogen-bond donors (Lipinski definition) is 1. The van der Waals surface area contributed by atoms with E-state index in [1.165, 1.54) is 0 Å². The Morgan fingerprint density at radius 2 is 1.78 bits per heavy atom. The molecule has 0 aliphatic heterocycles. The predicted molar refractivity (Wildman–Crippen MR) is 111 cm³/mol. The molecule has 0 fully saturated rings. The van der Waals surface area contributed by atoms with Crippen LogP contribution in [0.2, 0.25) is 10.0 Å². The lowest BCUT2D eigenvalue weighted by atomic mass is 10.2. The molecule has 0 saturated carbocycles. The molecule has 0 unspecified atom stereocenters. The number of ether oxygens (including phenoxy) is 2. The van der Waals surface area contributed by atoms with Gasteiger partial charge >= 0.3 is 0 Å². The van der Waals surface area contributed by atoms with Crippen LogP contribution in [0.1, 0.15) is 11.1 Å². The number of para-hydroxylation sites is 1. The van der Waals surface area contributed by atoms with Crippen molar-refractivity contribution in [2.75, 3.05) is 12.5 Å². The zero-order chi connectivity index (χ0) is 19.1. The van der Waals surface area contributed by atoms with Crippen LogP contribution in [-0.2, 0) is 6.61 Å². The first-order valence-corrected chi connectivity index (χ1v) is 9.00. The molecule has 0 spiro atoms. The molecule has 0 bridgehead atoms. The van der Waals surface area contributed by atoms with E-state index < -0.39 is 0 Å². The van der Waals surface area contributed by atoms with Gasteiger partial charge in [-0.2, -0.15) is 5.10 Å². The molecule has 0 saturated heterocycles. The average molecular weight is 401 g/mol. The number of rotatable bonds is 7. The van der Waals surface area contributed by atoms with Crippen molar-refractivity contribution in [1.82, 2.24) is 0 Å². The zero-order valence-corrected chi connectivity index (χ0v) is 16.2. The Bertz CT molecular complexity index is 931. The summed E-state index contributed by atoms with van der Waals surface area (Å²) in [6.07, 6.45) is 1.72. The van der Waals surface area contributed by atoms with E-state index in [2.05, 4.69) is 10.5 Å². The summed E-state index contributed by atoms with van der Waals surface area (Å²) in [5.74, 6) is 1.24. The highest BCUT2D eigenvalue weighted by atomic mass is 35.5. The first-order valence-electron chi connectivity index (χ1n) is 8.24. The van der Waals surface area contributed by atoms with Crippen LogP contribution >= 0.6 is 23.2 Å². The topological polar surface area (TPSA) is 42.8 Å². The quantitative estimate of drug-likeness (QED) is 0.389. The number of nitrogens with zero attached hydrogens (tertiary/aromatic N) is 1. The maximum absolute atomic E-state index is 6.20. The number of halogens is 2. The highest BCUT2D eigenvalue weighted by Crippen LogP contribution is 2.30. The predicted octanol–water partition coefficient (Wildman–Crippen LogP) is 6.03. The molecule has 27 heavy (non-hydrogen) atoms. The fourth-order valence-electron chi connectivity index (χ4n) is 2.37. The van der Waals surface area contributed by atoms with Gasteiger partial charge in [0.15, 0.2) is 11.5 Å². The molecule has 0 atom stereocenters. The van der Waals surface area contributed by atoms with Crippen molar-refractivity contribution < 1.29 is 9.47 Å². The third-order valence-electron chi connectivity index (χ3n) is 3.77. The van der Waals surface area contributed by atoms with Gasteiger partial charge in [0.25, 0.3) is 0 Å². The van der Waals surface area contributed by atoms with Crippen LogP contribution < -0.4 is 14.9 Å². The molecule has 3 aromatic carbocycles. The highest BCUT2D eigenvalue weighted by Gasteiger charge is 2.08. The maximum Gasteiger partial charge on any atom is 0.162 e. The van der Waals surface area contributed by atoms with Crippen LogP contribution in [0.15, 0.2) is 71.8 Å². The van der Waals surface area contributed by atoms with E-state index in [-0.39, 0.29) is 0 Å². The lowest BCUT2D eigenvalue weighted by molar-refractivity contribution is 0.284. The number of hydrazone groups is 1. The zero-order valence-electron chi connectivity index (χ0n) is 14.7. The summed E-state index contributed by atoms with van der Waals surface area (Å²) < 4.78 is 11.3. The second-order valence-electron chi connectivity index (χ2n) is 5.67. The molecule has 3 aromatic rings. The minimum absolute atomic E-state index is 0.301. The SMILES string of the molecule is COc1ccc(/C=N/Nc2ccccc2)cc1OCc1ccc(Cl)cc1Cl. The average Bonchev–Trinajstić information content (AvgIpc) is 2.68. The van der Waals surface area contributed by atoms with Crippen LogP contribution in [0.25, 0.3) is 0 Å². The van der Waals surface area contributed by atoms with Gasteiger partial charge in [0.05, 0.1) is 19.0 Å². The van der Waals surface area contributed by atoms with Crippen LogP contribution in [0.5, 0.6) is 11.5 Å². The van der Waals surface area contributed by atoms with Gasteiger partial charge in [0, 0.05) is 15.6 Å². The molecule has 1 N–H and O–H groups in total. The number of hydrogen-bond acceptors (Lipinski definition) is 4. The van der Waals surface area contributed by atoms with Crippen molar-refractivity contribution in [2.45, 2.75) is 6.61 Å². The van der Waals surface area contributed by atoms with E-state index in [0.29, 0.717) is 28.2 Å². The molecule has 6 heteroatoms. The summed E-state index contributed by atoms with van der Waals surface area (Å²) in [5, 5.41) is 5.39. The van der Waals surface area contributed by atoms with Gasteiger partial charge < -0.3 is 9.47 Å². The highest BCUT2D eigenvalue weighted by molar-refractivity contribution is 6.35. The summed E-state index contributed by atoms with van der Waals surface area (Å²) >= 11 is 12.1. The second kappa shape index (κ2) is 9.31. The first-order chi connectivity index (χ1) is 13.2. The van der Waals surface area contributed by atoms with Crippen molar-refractivity contribution in [3.63, 3.8) is 0 Å². The van der Waals surface area contributed by atoms with E-state index in [1.54, 1.807) is 25.5 Å². The monoisotopic (exact) mass is 400 g/mol. The standard InChI is InChI=1S/C21H18Cl2N2O2/c1-26-20-10-7-15(13-24-25-18-5-3-2-4-6-18)11-21(20)27-14-16-8-9-17(22)12-19(16)23/h2-13,25H,14H2,1H3/b24-13+. The Kier molecular flexibility index (Phi) is 6.58. The minimum Gasteiger partial charge on any atom is -0.493 e. The van der Waals surface area contributed by atoms with E-state index in [0.717, 1.165) is 16.8 Å². The van der Waals surface area contributed by atoms with Gasteiger partial charge in [0.1, 0.15) is 6.61 Å². The molecule has 138 valence electrons. The summed E-state index contributed by atoms with van der Waals surface area (Å²) in [4.78, 5) is 0. The Labute approximate surface area is 168 Å². The van der Waals surface area contributed by atoms with Crippen LogP contribution in [-0.4, -0.2) is 13.3 Å². The molecule has 3 rings (SSSR count). The largest absolute Gasteiger partial charge is 0.493 e. The van der Waals surface area contributed by atoms with Crippen molar-refractivity contribution in [2.24, 2.45) is 5.10 Å². The van der Waals surface area contributed by atoms with E-state index in [4.69, 9.17) is 32.7 Å². The number of benzene rings is 3. The number of nitrogens with one attached hydrogen (secondary N) is 1. The van der Waals surface area contributed by atoms with Gasteiger partial charge in [-0.15, -0.1) is 0 Å². The Balaban J connectivity index is 1.71. The molecule has 0 radical (unpaired) electrons. The number of methoxy groups -OCH3 is 1. The van der Waals surface area contributed by atoms with Crippen LogP contribution in [0.4, 0.5) is 5.69 Å². The van der Waals surface area contributed by atoms with Crippen molar-refractivity contribution >= 4 is 35.1 Å². The van der Waals surface area contributed by atoms with Crippen molar-refractivity contribution in [3.05, 3.63) is 87.9 Å². The summed E-state index contributed by atoms with van der Waals surface area (Å²) in [6.45, 7) is 0.301. The smallest absolute Gasteiger partial charge is 0.162 e. The van der Waals surface area contributed by atoms with Gasteiger partial charge in [0.2, 0.25) is 0 Å². The molecule has 0 heterocycles. The van der Waals surface area contributed by atoms with Crippen LogP contribution in [0, 0.1) is 0 Å². The Hall–Kier alpha value is -2.69. The van der Waals surface area contributed by atoms with Crippen LogP contribution in [0.3, 0.4) is 0 Å². The third-order valence-corrected chi connectivity index (χ3v) is 4.35. The van der Waals surface area contributed by atoms with Gasteiger partial charge in [-0.25, -0.2) is 0 Å². The van der Waals surface area contributed by atoms with Gasteiger partial charge in [-0.05, 0) is 48.0 Å². The van der Waals surface area contributed by atoms with Crippen molar-refractivity contribution in [3.8, 4) is 11.5 Å². The lowest BCUT2D eigenvalue weighted by Gasteiger charge is -2.12. The summed E-state index contributed by atoms with van der Waals surface area (Å²) in [7, 11) is 1.60. The second-order valence-corrected chi connectivity index (χ2v) is 6.51. The fraction of sp³-hybridized carbons (Fsp3) is 0.0952. The summed E-state index contributed by atoms with van der Waals surface area (Å²) in [5.41, 5.74) is 5.60. The molecule has 0 amide bonds. The molecule has 0 aromatic heterocycles. The van der Waals surface area contributed by atoms with Gasteiger partial charge in [-0.3, -0.25) is 5.43 Å².